The number of carbonyl (C=O) groups is 2. The van der Waals surface area contributed by atoms with Crippen LogP contribution in [0, 0.1) is 19.3 Å². The van der Waals surface area contributed by atoms with Gasteiger partial charge in [-0.3, -0.25) is 4.79 Å². The number of esters is 1. The Morgan fingerprint density at radius 2 is 2.29 bits per heavy atom. The molecule has 0 amide bonds. The van der Waals surface area contributed by atoms with Crippen molar-refractivity contribution in [2.24, 2.45) is 0 Å². The van der Waals surface area contributed by atoms with Crippen molar-refractivity contribution in [3.8, 4) is 12.3 Å². The fraction of sp³-hybridized carbons (Fsp3) is 0.364. The summed E-state index contributed by atoms with van der Waals surface area (Å²) in [6.45, 7) is 1.66. The molecule has 0 aliphatic rings. The number of terminal acetylenes is 1. The van der Waals surface area contributed by atoms with Crippen LogP contribution in [0.25, 0.3) is 0 Å². The first kappa shape index (κ1) is 13.3. The number of nitrogens with zero attached hydrogens (tertiary/aromatic N) is 1. The second-order valence-corrected chi connectivity index (χ2v) is 3.53. The molecule has 0 N–H and O–H groups in total. The van der Waals surface area contributed by atoms with Gasteiger partial charge in [0.05, 0.1) is 12.3 Å². The molecule has 1 rings (SSSR count). The molecule has 0 fully saturated rings. The molecule has 1 heterocycles. The summed E-state index contributed by atoms with van der Waals surface area (Å²) in [6.07, 6.45) is 6.09. The lowest BCUT2D eigenvalue weighted by Gasteiger charge is -2.00. The van der Waals surface area contributed by atoms with Crippen molar-refractivity contribution in [2.75, 3.05) is 6.61 Å². The number of hydrogen-bond donors (Lipinski definition) is 0. The third kappa shape index (κ3) is 3.33. The van der Waals surface area contributed by atoms with Crippen LogP contribution in [0.3, 0.4) is 0 Å². The van der Waals surface area contributed by atoms with Gasteiger partial charge in [-0.25, -0.2) is 4.79 Å². The Hall–Kier alpha value is -1.80. The van der Waals surface area contributed by atoms with Crippen molar-refractivity contribution in [2.45, 2.75) is 19.8 Å². The highest BCUT2D eigenvalue weighted by Gasteiger charge is 2.25. The number of halogens is 1. The zero-order chi connectivity index (χ0) is 12.8. The van der Waals surface area contributed by atoms with E-state index >= 15 is 0 Å². The topological polar surface area (TPSA) is 69.4 Å². The van der Waals surface area contributed by atoms with Crippen LogP contribution in [0.15, 0.2) is 4.52 Å². The zero-order valence-electron chi connectivity index (χ0n) is 9.16. The Bertz CT molecular complexity index is 472. The fourth-order valence-corrected chi connectivity index (χ4v) is 1.37. The molecule has 0 bridgehead atoms. The van der Waals surface area contributed by atoms with E-state index in [0.29, 0.717) is 12.8 Å². The van der Waals surface area contributed by atoms with Crippen LogP contribution in [0.1, 0.15) is 39.4 Å². The average Bonchev–Trinajstić information content (AvgIpc) is 2.66. The molecule has 0 radical (unpaired) electrons. The van der Waals surface area contributed by atoms with Gasteiger partial charge in [0, 0.05) is 6.42 Å². The van der Waals surface area contributed by atoms with Crippen LogP contribution < -0.4 is 0 Å². The van der Waals surface area contributed by atoms with Crippen molar-refractivity contribution in [1.82, 2.24) is 5.16 Å². The maximum atomic E-state index is 11.5. The summed E-state index contributed by atoms with van der Waals surface area (Å²) in [5.74, 6) is 1.37. The number of hydrogen-bond acceptors (Lipinski definition) is 5. The van der Waals surface area contributed by atoms with Crippen molar-refractivity contribution >= 4 is 22.8 Å². The van der Waals surface area contributed by atoms with Crippen molar-refractivity contribution in [1.29, 1.82) is 0 Å². The summed E-state index contributed by atoms with van der Waals surface area (Å²) in [4.78, 5) is 22.6. The Labute approximate surface area is 103 Å². The van der Waals surface area contributed by atoms with Gasteiger partial charge in [0.2, 0.25) is 0 Å². The first-order chi connectivity index (χ1) is 8.07. The van der Waals surface area contributed by atoms with Crippen LogP contribution in [-0.4, -0.2) is 23.0 Å². The van der Waals surface area contributed by atoms with Gasteiger partial charge in [-0.2, -0.15) is 0 Å². The van der Waals surface area contributed by atoms with Gasteiger partial charge in [0.1, 0.15) is 5.56 Å². The summed E-state index contributed by atoms with van der Waals surface area (Å²) < 4.78 is 9.56. The first-order valence-corrected chi connectivity index (χ1v) is 5.22. The SMILES string of the molecule is C#CCCCOC(=O)c1onc(C)c1C(=O)Cl. The van der Waals surface area contributed by atoms with Crippen molar-refractivity contribution in [3.05, 3.63) is 17.0 Å². The maximum absolute atomic E-state index is 11.5. The predicted molar refractivity (Wildman–Crippen MR) is 59.8 cm³/mol. The van der Waals surface area contributed by atoms with E-state index in [1.807, 2.05) is 0 Å². The summed E-state index contributed by atoms with van der Waals surface area (Å²) in [7, 11) is 0. The molecule has 1 aromatic heterocycles. The Morgan fingerprint density at radius 1 is 1.59 bits per heavy atom. The summed E-state index contributed by atoms with van der Waals surface area (Å²) >= 11 is 5.31. The molecule has 0 aliphatic heterocycles. The number of carbonyl (C=O) groups excluding carboxylic acids is 2. The van der Waals surface area contributed by atoms with Crippen LogP contribution in [0.5, 0.6) is 0 Å². The van der Waals surface area contributed by atoms with E-state index in [-0.39, 0.29) is 23.6 Å². The van der Waals surface area contributed by atoms with Gasteiger partial charge in [0.25, 0.3) is 11.0 Å². The molecule has 0 unspecified atom stereocenters. The predicted octanol–water partition coefficient (Wildman–Crippen LogP) is 1.93. The Kier molecular flexibility index (Phi) is 4.73. The molecule has 0 aromatic carbocycles. The Balaban J connectivity index is 2.70. The van der Waals surface area contributed by atoms with E-state index in [1.165, 1.54) is 6.92 Å². The number of rotatable bonds is 5. The van der Waals surface area contributed by atoms with Crippen molar-refractivity contribution in [3.63, 3.8) is 0 Å². The lowest BCUT2D eigenvalue weighted by atomic mass is 10.2. The van der Waals surface area contributed by atoms with E-state index in [9.17, 15) is 9.59 Å². The molecular formula is C11H10ClNO4. The van der Waals surface area contributed by atoms with E-state index in [1.54, 1.807) is 0 Å². The molecule has 90 valence electrons. The highest BCUT2D eigenvalue weighted by molar-refractivity contribution is 6.68. The zero-order valence-corrected chi connectivity index (χ0v) is 9.91. The van der Waals surface area contributed by atoms with E-state index < -0.39 is 11.2 Å². The quantitative estimate of drug-likeness (QED) is 0.348. The second kappa shape index (κ2) is 6.06. The van der Waals surface area contributed by atoms with Crippen LogP contribution in [0.4, 0.5) is 0 Å². The Morgan fingerprint density at radius 3 is 2.88 bits per heavy atom. The molecule has 0 saturated carbocycles. The summed E-state index contributed by atoms with van der Waals surface area (Å²) in [6, 6.07) is 0. The smallest absolute Gasteiger partial charge is 0.378 e. The minimum atomic E-state index is -0.806. The summed E-state index contributed by atoms with van der Waals surface area (Å²) in [5.41, 5.74) is 0.189. The normalized spacial score (nSPS) is 9.71. The molecule has 5 nitrogen and oxygen atoms in total. The lowest BCUT2D eigenvalue weighted by molar-refractivity contribution is 0.0452. The van der Waals surface area contributed by atoms with Crippen LogP contribution >= 0.6 is 11.6 Å². The van der Waals surface area contributed by atoms with Crippen LogP contribution in [0.2, 0.25) is 0 Å². The number of aromatic nitrogens is 1. The number of aryl methyl sites for hydroxylation is 1. The average molecular weight is 256 g/mol. The van der Waals surface area contributed by atoms with Crippen LogP contribution in [-0.2, 0) is 4.74 Å². The molecule has 0 spiro atoms. The van der Waals surface area contributed by atoms with Gasteiger partial charge in [-0.15, -0.1) is 12.3 Å². The monoisotopic (exact) mass is 255 g/mol. The summed E-state index contributed by atoms with van der Waals surface area (Å²) in [5, 5.41) is 2.68. The van der Waals surface area contributed by atoms with Gasteiger partial charge in [0.15, 0.2) is 0 Å². The third-order valence-electron chi connectivity index (χ3n) is 1.94. The molecule has 0 aliphatic carbocycles. The van der Waals surface area contributed by atoms with Crippen molar-refractivity contribution < 1.29 is 18.8 Å². The number of ether oxygens (including phenoxy) is 1. The highest BCUT2D eigenvalue weighted by Crippen LogP contribution is 2.17. The fourth-order valence-electron chi connectivity index (χ4n) is 1.15. The molecule has 0 saturated heterocycles. The first-order valence-electron chi connectivity index (χ1n) is 4.84. The van der Waals surface area contributed by atoms with Gasteiger partial charge >= 0.3 is 5.97 Å². The maximum Gasteiger partial charge on any atom is 0.378 e. The third-order valence-corrected chi connectivity index (χ3v) is 2.13. The molecule has 17 heavy (non-hydrogen) atoms. The van der Waals surface area contributed by atoms with E-state index in [0.717, 1.165) is 0 Å². The van der Waals surface area contributed by atoms with Gasteiger partial charge in [-0.05, 0) is 24.9 Å². The van der Waals surface area contributed by atoms with Gasteiger partial charge in [-0.1, -0.05) is 5.16 Å². The standard InChI is InChI=1S/C11H10ClNO4/c1-3-4-5-6-16-11(15)9-8(10(12)14)7(2)13-17-9/h1H,4-6H2,2H3. The largest absolute Gasteiger partial charge is 0.460 e. The lowest BCUT2D eigenvalue weighted by Crippen LogP contribution is -2.09. The number of unbranched alkanes of at least 4 members (excludes halogenated alkanes) is 1. The molecule has 6 heteroatoms. The second-order valence-electron chi connectivity index (χ2n) is 3.19. The van der Waals surface area contributed by atoms with Gasteiger partial charge < -0.3 is 9.26 Å². The molecule has 0 atom stereocenters. The minimum absolute atomic E-state index is 0.0615. The molecular weight excluding hydrogens is 246 g/mol. The molecule has 1 aromatic rings. The van der Waals surface area contributed by atoms with E-state index in [2.05, 4.69) is 11.1 Å². The highest BCUT2D eigenvalue weighted by atomic mass is 35.5. The van der Waals surface area contributed by atoms with E-state index in [4.69, 9.17) is 27.3 Å². The minimum Gasteiger partial charge on any atom is -0.460 e.